The molecule has 0 amide bonds. The zero-order chi connectivity index (χ0) is 16.1. The first-order chi connectivity index (χ1) is 10.0. The zero-order valence-corrected chi connectivity index (χ0v) is 17.3. The molecule has 132 valence electrons. The molecule has 0 fully saturated rings. The summed E-state index contributed by atoms with van der Waals surface area (Å²) in [6.07, 6.45) is 13.4. The van der Waals surface area contributed by atoms with E-state index in [0.717, 1.165) is 0 Å². The van der Waals surface area contributed by atoms with Gasteiger partial charge in [-0.25, -0.2) is 4.79 Å². The summed E-state index contributed by atoms with van der Waals surface area (Å²) in [5.74, 6) is -1.06. The number of aromatic carboxylic acids is 1. The largest absolute Gasteiger partial charge is 0.475 e. The van der Waals surface area contributed by atoms with Crippen LogP contribution in [0, 0.1) is 0 Å². The molecular formula is C17H36O3P2. The third kappa shape index (κ3) is 9.59. The minimum Gasteiger partial charge on any atom is -0.475 e. The van der Waals surface area contributed by atoms with Gasteiger partial charge in [0.25, 0.3) is 0 Å². The Bertz CT molecular complexity index is 334. The molecule has 0 spiro atoms. The number of carboxylic acid groups (broad SMARTS) is 1. The molecule has 1 aromatic rings. The van der Waals surface area contributed by atoms with Crippen LogP contribution in [0.5, 0.6) is 0 Å². The van der Waals surface area contributed by atoms with Crippen LogP contribution in [-0.4, -0.2) is 35.7 Å². The van der Waals surface area contributed by atoms with Crippen molar-refractivity contribution in [1.82, 2.24) is 0 Å². The second-order valence-electron chi connectivity index (χ2n) is 5.78. The summed E-state index contributed by atoms with van der Waals surface area (Å²) in [6, 6.07) is 2.92. The minimum atomic E-state index is -1.03. The fourth-order valence-corrected chi connectivity index (χ4v) is 9.01. The molecule has 1 atom stereocenters. The molecule has 0 aromatic carbocycles. The summed E-state index contributed by atoms with van der Waals surface area (Å²) in [5.41, 5.74) is 0. The Balaban J connectivity index is 0. The average Bonchev–Trinajstić information content (AvgIpc) is 2.95. The van der Waals surface area contributed by atoms with E-state index in [1.54, 1.807) is 24.6 Å². The first kappa shape index (κ1) is 23.9. The monoisotopic (exact) mass is 350 g/mol. The molecule has 3 nitrogen and oxygen atoms in total. The van der Waals surface area contributed by atoms with E-state index >= 15 is 0 Å². The summed E-state index contributed by atoms with van der Waals surface area (Å²) in [5, 5.41) is 8.18. The fraction of sp³-hybridized carbons (Fsp3) is 0.706. The molecule has 0 aliphatic rings. The van der Waals surface area contributed by atoms with Gasteiger partial charge in [0.1, 0.15) is 0 Å². The number of carboxylic acids is 1. The van der Waals surface area contributed by atoms with E-state index in [-0.39, 0.29) is 15.7 Å². The zero-order valence-electron chi connectivity index (χ0n) is 14.9. The molecule has 0 saturated heterocycles. The maximum atomic E-state index is 9.97. The number of carbonyl (C=O) groups is 1. The number of hydrogen-bond donors (Lipinski definition) is 1. The van der Waals surface area contributed by atoms with Crippen LogP contribution in [0.2, 0.25) is 0 Å². The van der Waals surface area contributed by atoms with Crippen molar-refractivity contribution >= 4 is 23.1 Å². The van der Waals surface area contributed by atoms with Crippen LogP contribution in [0.25, 0.3) is 0 Å². The molecule has 1 rings (SSSR count). The Morgan fingerprint density at radius 2 is 1.41 bits per heavy atom. The van der Waals surface area contributed by atoms with Crippen molar-refractivity contribution in [1.29, 1.82) is 0 Å². The molecule has 0 bridgehead atoms. The minimum absolute atomic E-state index is 0. The van der Waals surface area contributed by atoms with Gasteiger partial charge in [0.2, 0.25) is 5.76 Å². The van der Waals surface area contributed by atoms with E-state index in [4.69, 9.17) is 5.11 Å². The van der Waals surface area contributed by atoms with E-state index in [2.05, 4.69) is 32.1 Å². The van der Waals surface area contributed by atoms with Crippen molar-refractivity contribution in [3.63, 3.8) is 0 Å². The molecule has 1 unspecified atom stereocenters. The number of furan rings is 1. The summed E-state index contributed by atoms with van der Waals surface area (Å²) < 4.78 is 4.50. The second kappa shape index (κ2) is 14.2. The standard InChI is InChI=1S/C12H29P.C5H4O3.H3P/c1-5-9-13(10-6-2,11-7-3)12-8-4;6-5(7)4-2-1-3-8-4;/h13H,5-12H2,1-4H3;1-3H,(H,6,7);1H3. The van der Waals surface area contributed by atoms with Crippen molar-refractivity contribution in [2.45, 2.75) is 53.4 Å². The van der Waals surface area contributed by atoms with E-state index in [9.17, 15) is 4.79 Å². The number of rotatable bonds is 9. The maximum absolute atomic E-state index is 9.97. The van der Waals surface area contributed by atoms with Crippen molar-refractivity contribution < 1.29 is 14.3 Å². The SMILES string of the molecule is CCC[PH](CCC)(CCC)CCC.O=C(O)c1ccco1.P. The van der Waals surface area contributed by atoms with Gasteiger partial charge in [-0.3, -0.25) is 0 Å². The molecule has 1 heterocycles. The van der Waals surface area contributed by atoms with Gasteiger partial charge in [0.15, 0.2) is 0 Å². The summed E-state index contributed by atoms with van der Waals surface area (Å²) in [4.78, 5) is 9.97. The molecule has 22 heavy (non-hydrogen) atoms. The van der Waals surface area contributed by atoms with E-state index in [0.29, 0.717) is 0 Å². The molecular weight excluding hydrogens is 314 g/mol. The predicted molar refractivity (Wildman–Crippen MR) is 106 cm³/mol. The Labute approximate surface area is 140 Å². The smallest absolute Gasteiger partial charge is 0.371 e. The summed E-state index contributed by atoms with van der Waals surface area (Å²) in [7, 11) is -0.796. The van der Waals surface area contributed by atoms with Crippen LogP contribution in [0.4, 0.5) is 0 Å². The van der Waals surface area contributed by atoms with Gasteiger partial charge < -0.3 is 9.52 Å². The average molecular weight is 350 g/mol. The van der Waals surface area contributed by atoms with Crippen LogP contribution in [-0.2, 0) is 0 Å². The van der Waals surface area contributed by atoms with Gasteiger partial charge in [0, 0.05) is 0 Å². The van der Waals surface area contributed by atoms with Crippen molar-refractivity contribution in [2.75, 3.05) is 24.6 Å². The van der Waals surface area contributed by atoms with Crippen LogP contribution in [0.1, 0.15) is 63.9 Å². The quantitative estimate of drug-likeness (QED) is 0.606. The Morgan fingerprint density at radius 3 is 1.59 bits per heavy atom. The molecule has 5 heteroatoms. The summed E-state index contributed by atoms with van der Waals surface area (Å²) >= 11 is 0. The molecule has 0 radical (unpaired) electrons. The Morgan fingerprint density at radius 1 is 1.00 bits per heavy atom. The Kier molecular flexibility index (Phi) is 15.4. The third-order valence-corrected chi connectivity index (χ3v) is 10.1. The normalized spacial score (nSPS) is 11.1. The van der Waals surface area contributed by atoms with Crippen molar-refractivity contribution in [3.05, 3.63) is 24.2 Å². The van der Waals surface area contributed by atoms with Crippen molar-refractivity contribution in [3.8, 4) is 0 Å². The van der Waals surface area contributed by atoms with Gasteiger partial charge >= 0.3 is 91.3 Å². The first-order valence-electron chi connectivity index (χ1n) is 8.32. The molecule has 0 aliphatic heterocycles. The van der Waals surface area contributed by atoms with Gasteiger partial charge in [-0.15, -0.1) is 0 Å². The molecule has 0 saturated carbocycles. The topological polar surface area (TPSA) is 50.4 Å². The van der Waals surface area contributed by atoms with Crippen molar-refractivity contribution in [2.24, 2.45) is 0 Å². The van der Waals surface area contributed by atoms with E-state index < -0.39 is 13.2 Å². The third-order valence-electron chi connectivity index (χ3n) is 3.85. The first-order valence-corrected chi connectivity index (χ1v) is 11.1. The van der Waals surface area contributed by atoms with E-state index in [1.165, 1.54) is 44.1 Å². The number of hydrogen-bond acceptors (Lipinski definition) is 2. The molecule has 0 aliphatic carbocycles. The van der Waals surface area contributed by atoms with Gasteiger partial charge in [0.05, 0.1) is 6.26 Å². The molecule has 1 aromatic heterocycles. The van der Waals surface area contributed by atoms with Crippen LogP contribution >= 0.6 is 17.2 Å². The van der Waals surface area contributed by atoms with Crippen LogP contribution in [0.3, 0.4) is 0 Å². The van der Waals surface area contributed by atoms with Gasteiger partial charge in [-0.05, 0) is 12.1 Å². The summed E-state index contributed by atoms with van der Waals surface area (Å²) in [6.45, 7) is 9.46. The van der Waals surface area contributed by atoms with Crippen LogP contribution < -0.4 is 0 Å². The maximum Gasteiger partial charge on any atom is 0.371 e. The predicted octanol–water partition coefficient (Wildman–Crippen LogP) is 5.41. The second-order valence-corrected chi connectivity index (χ2v) is 10.8. The van der Waals surface area contributed by atoms with Gasteiger partial charge in [-0.1, -0.05) is 0 Å². The van der Waals surface area contributed by atoms with E-state index in [1.807, 2.05) is 0 Å². The van der Waals surface area contributed by atoms with Crippen LogP contribution in [0.15, 0.2) is 22.8 Å². The van der Waals surface area contributed by atoms with Gasteiger partial charge in [-0.2, -0.15) is 9.90 Å². The Hall–Kier alpha value is -0.390. The molecule has 1 N–H and O–H groups in total. The fourth-order valence-electron chi connectivity index (χ4n) is 3.27.